The zero-order valence-corrected chi connectivity index (χ0v) is 19.6. The molecule has 1 aromatic carbocycles. The first-order chi connectivity index (χ1) is 15.6. The maximum Gasteiger partial charge on any atom is 0.343 e. The zero-order chi connectivity index (χ0) is 22.8. The van der Waals surface area contributed by atoms with Crippen molar-refractivity contribution in [1.29, 1.82) is 0 Å². The fourth-order valence-electron chi connectivity index (χ4n) is 3.60. The van der Waals surface area contributed by atoms with E-state index >= 15 is 0 Å². The van der Waals surface area contributed by atoms with Crippen molar-refractivity contribution in [2.45, 2.75) is 84.3 Å². The molecule has 1 saturated heterocycles. The molecule has 32 heavy (non-hydrogen) atoms. The molecule has 6 nitrogen and oxygen atoms in total. The fourth-order valence-corrected chi connectivity index (χ4v) is 3.60. The fraction of sp³-hybridized carbons (Fsp3) is 0.577. The smallest absolute Gasteiger partial charge is 0.343 e. The van der Waals surface area contributed by atoms with Crippen molar-refractivity contribution in [3.05, 3.63) is 36.7 Å². The molecule has 2 heterocycles. The van der Waals surface area contributed by atoms with Gasteiger partial charge in [0.25, 0.3) is 0 Å². The van der Waals surface area contributed by atoms with Crippen molar-refractivity contribution in [1.82, 2.24) is 9.97 Å². The van der Waals surface area contributed by atoms with Crippen molar-refractivity contribution < 1.29 is 19.0 Å². The molecular weight excluding hydrogens is 404 g/mol. The van der Waals surface area contributed by atoms with Crippen molar-refractivity contribution in [3.8, 4) is 22.9 Å². The van der Waals surface area contributed by atoms with E-state index in [1.54, 1.807) is 24.5 Å². The van der Waals surface area contributed by atoms with Gasteiger partial charge in [0, 0.05) is 18.0 Å². The van der Waals surface area contributed by atoms with Crippen LogP contribution < -0.4 is 9.47 Å². The third kappa shape index (κ3) is 7.59. The summed E-state index contributed by atoms with van der Waals surface area (Å²) in [6, 6.07) is 7.73. The summed E-state index contributed by atoms with van der Waals surface area (Å²) in [5.74, 6) is 1.02. The Hall–Kier alpha value is -2.47. The molecule has 174 valence electrons. The Bertz CT molecular complexity index is 823. The van der Waals surface area contributed by atoms with E-state index in [0.29, 0.717) is 18.4 Å². The Morgan fingerprint density at radius 3 is 2.44 bits per heavy atom. The van der Waals surface area contributed by atoms with Crippen molar-refractivity contribution in [3.63, 3.8) is 0 Å². The third-order valence-corrected chi connectivity index (χ3v) is 5.94. The molecule has 0 spiro atoms. The molecule has 0 radical (unpaired) electrons. The highest BCUT2D eigenvalue weighted by Crippen LogP contribution is 2.29. The Labute approximate surface area is 191 Å². The monoisotopic (exact) mass is 440 g/mol. The van der Waals surface area contributed by atoms with Gasteiger partial charge in [0.05, 0.1) is 12.7 Å². The molecule has 3 rings (SSSR count). The molecule has 1 aliphatic rings. The number of unbranched alkanes of at least 4 members (excludes halogenated alkanes) is 3. The van der Waals surface area contributed by atoms with Crippen LogP contribution >= 0.6 is 0 Å². The van der Waals surface area contributed by atoms with Crippen LogP contribution in [-0.4, -0.2) is 34.8 Å². The summed E-state index contributed by atoms with van der Waals surface area (Å²) >= 11 is 0. The van der Waals surface area contributed by atoms with E-state index in [1.807, 2.05) is 12.1 Å². The van der Waals surface area contributed by atoms with Gasteiger partial charge < -0.3 is 14.2 Å². The second kappa shape index (κ2) is 12.5. The molecule has 0 bridgehead atoms. The van der Waals surface area contributed by atoms with Gasteiger partial charge in [-0.15, -0.1) is 0 Å². The predicted octanol–water partition coefficient (Wildman–Crippen LogP) is 5.99. The van der Waals surface area contributed by atoms with Crippen LogP contribution in [0, 0.1) is 5.92 Å². The number of esters is 1. The third-order valence-electron chi connectivity index (χ3n) is 5.94. The van der Waals surface area contributed by atoms with Gasteiger partial charge in [0.15, 0.2) is 6.10 Å². The number of nitrogens with zero attached hydrogens (tertiary/aromatic N) is 2. The lowest BCUT2D eigenvalue weighted by molar-refractivity contribution is -0.135. The second-order valence-corrected chi connectivity index (χ2v) is 8.65. The normalized spacial score (nSPS) is 18.2. The van der Waals surface area contributed by atoms with Gasteiger partial charge in [-0.3, -0.25) is 0 Å². The summed E-state index contributed by atoms with van der Waals surface area (Å²) < 4.78 is 16.4. The number of epoxide rings is 1. The van der Waals surface area contributed by atoms with Gasteiger partial charge in [-0.1, -0.05) is 71.4 Å². The van der Waals surface area contributed by atoms with Crippen molar-refractivity contribution >= 4 is 5.97 Å². The average molecular weight is 441 g/mol. The van der Waals surface area contributed by atoms with E-state index in [0.717, 1.165) is 36.3 Å². The largest absolute Gasteiger partial charge is 0.463 e. The minimum absolute atomic E-state index is 0.0132. The van der Waals surface area contributed by atoms with Crippen LogP contribution in [0.25, 0.3) is 11.1 Å². The van der Waals surface area contributed by atoms with E-state index in [2.05, 4.69) is 30.7 Å². The molecule has 2 aromatic rings. The van der Waals surface area contributed by atoms with E-state index in [4.69, 9.17) is 14.2 Å². The quantitative estimate of drug-likeness (QED) is 0.155. The van der Waals surface area contributed by atoms with Gasteiger partial charge in [0.2, 0.25) is 0 Å². The summed E-state index contributed by atoms with van der Waals surface area (Å²) in [5, 5.41) is 0. The minimum Gasteiger partial charge on any atom is -0.463 e. The Balaban J connectivity index is 1.37. The lowest BCUT2D eigenvalue weighted by Gasteiger charge is -2.08. The van der Waals surface area contributed by atoms with Gasteiger partial charge in [-0.25, -0.2) is 14.8 Å². The van der Waals surface area contributed by atoms with Crippen LogP contribution in [0.1, 0.15) is 72.1 Å². The highest BCUT2D eigenvalue weighted by Gasteiger charge is 2.45. The molecule has 0 amide bonds. The maximum absolute atomic E-state index is 12.1. The topological polar surface area (TPSA) is 73.8 Å². The molecule has 0 N–H and O–H groups in total. The summed E-state index contributed by atoms with van der Waals surface area (Å²) in [5.41, 5.74) is 1.83. The Morgan fingerprint density at radius 1 is 1.03 bits per heavy atom. The highest BCUT2D eigenvalue weighted by atomic mass is 16.6. The molecule has 0 saturated carbocycles. The van der Waals surface area contributed by atoms with E-state index < -0.39 is 6.10 Å². The number of aromatic nitrogens is 2. The van der Waals surface area contributed by atoms with Crippen LogP contribution in [0.15, 0.2) is 36.7 Å². The predicted molar refractivity (Wildman–Crippen MR) is 125 cm³/mol. The number of hydrogen-bond acceptors (Lipinski definition) is 6. The van der Waals surface area contributed by atoms with Crippen LogP contribution in [0.3, 0.4) is 0 Å². The average Bonchev–Trinajstić information content (AvgIpc) is 3.59. The van der Waals surface area contributed by atoms with Crippen molar-refractivity contribution in [2.75, 3.05) is 6.61 Å². The second-order valence-electron chi connectivity index (χ2n) is 8.65. The first kappa shape index (κ1) is 24.2. The summed E-state index contributed by atoms with van der Waals surface area (Å²) in [6.07, 6.45) is 12.3. The number of ether oxygens (including phenoxy) is 3. The van der Waals surface area contributed by atoms with Crippen molar-refractivity contribution in [2.24, 2.45) is 5.92 Å². The lowest BCUT2D eigenvalue weighted by atomic mass is 10.0. The number of carbonyl (C=O) groups is 1. The SMILES string of the molecule is CCC[C@H]1O[C@H]1C(=O)Oc1ccc(-c2cnc(OCCCCCC[C@@H](C)CC)nc2)cc1. The van der Waals surface area contributed by atoms with E-state index in [9.17, 15) is 4.79 Å². The molecule has 0 unspecified atom stereocenters. The molecule has 1 aromatic heterocycles. The number of hydrogen-bond donors (Lipinski definition) is 0. The highest BCUT2D eigenvalue weighted by molar-refractivity contribution is 5.80. The molecule has 3 atom stereocenters. The summed E-state index contributed by atoms with van der Waals surface area (Å²) in [6.45, 7) is 7.29. The van der Waals surface area contributed by atoms with Gasteiger partial charge in [-0.05, 0) is 36.5 Å². The van der Waals surface area contributed by atoms with E-state index in [-0.39, 0.29) is 12.1 Å². The molecule has 6 heteroatoms. The lowest BCUT2D eigenvalue weighted by Crippen LogP contribution is -2.17. The summed E-state index contributed by atoms with van der Waals surface area (Å²) in [7, 11) is 0. The minimum atomic E-state index is -0.416. The first-order valence-corrected chi connectivity index (χ1v) is 12.0. The number of rotatable bonds is 14. The molecular formula is C26H36N2O4. The van der Waals surface area contributed by atoms with Gasteiger partial charge in [0.1, 0.15) is 5.75 Å². The van der Waals surface area contributed by atoms with E-state index in [1.165, 1.54) is 32.1 Å². The first-order valence-electron chi connectivity index (χ1n) is 12.0. The number of carbonyl (C=O) groups excluding carboxylic acids is 1. The zero-order valence-electron chi connectivity index (χ0n) is 19.6. The van der Waals surface area contributed by atoms with Crippen LogP contribution in [-0.2, 0) is 9.53 Å². The standard InChI is InChI=1S/C26H36N2O4/c1-4-10-23-24(32-23)25(29)31-22-14-12-20(13-15-22)21-17-27-26(28-18-21)30-16-9-7-6-8-11-19(3)5-2/h12-15,17-19,23-24H,4-11,16H2,1-3H3/t19-,23+,24+/m0/s1. The molecule has 1 fully saturated rings. The molecule has 1 aliphatic heterocycles. The molecule has 0 aliphatic carbocycles. The number of benzene rings is 1. The van der Waals surface area contributed by atoms with Crippen LogP contribution in [0.2, 0.25) is 0 Å². The van der Waals surface area contributed by atoms with Crippen LogP contribution in [0.4, 0.5) is 0 Å². The summed E-state index contributed by atoms with van der Waals surface area (Å²) in [4.78, 5) is 20.7. The Morgan fingerprint density at radius 2 is 1.75 bits per heavy atom. The Kier molecular flexibility index (Phi) is 9.47. The van der Waals surface area contributed by atoms with Crippen LogP contribution in [0.5, 0.6) is 11.8 Å². The van der Waals surface area contributed by atoms with Gasteiger partial charge >= 0.3 is 12.0 Å². The van der Waals surface area contributed by atoms with Gasteiger partial charge in [-0.2, -0.15) is 0 Å². The maximum atomic E-state index is 12.1.